The molecule has 84 heavy (non-hydrogen) atoms. The van der Waals surface area contributed by atoms with E-state index in [0.717, 1.165) is 0 Å². The van der Waals surface area contributed by atoms with Gasteiger partial charge >= 0.3 is 0 Å². The number of fused-ring (bicyclic) bond motifs is 18. The van der Waals surface area contributed by atoms with Crippen LogP contribution < -0.4 is 16.4 Å². The average Bonchev–Trinajstić information content (AvgIpc) is 1.41. The second kappa shape index (κ2) is 16.4. The zero-order valence-corrected chi connectivity index (χ0v) is 52.9. The van der Waals surface area contributed by atoms with Crippen molar-refractivity contribution in [1.82, 2.24) is 13.7 Å². The predicted octanol–water partition coefficient (Wildman–Crippen LogP) is 19.4. The Kier molecular flexibility index (Phi) is 10.2. The molecule has 0 bridgehead atoms. The number of benzene rings is 9. The minimum Gasteiger partial charge on any atom is -0.310 e. The molecule has 6 heterocycles. The third-order valence-corrected chi connectivity index (χ3v) is 21.0. The molecule has 12 aromatic rings. The predicted molar refractivity (Wildman–Crippen MR) is 362 cm³/mol. The van der Waals surface area contributed by atoms with E-state index in [4.69, 9.17) is 0 Å². The van der Waals surface area contributed by atoms with Gasteiger partial charge in [-0.05, 0) is 189 Å². The maximum Gasteiger partial charge on any atom is 0.252 e. The molecule has 3 aromatic heterocycles. The first-order valence-electron chi connectivity index (χ1n) is 31.5. The number of nitrogens with zero attached hydrogens (tertiary/aromatic N) is 3. The molecule has 0 N–H and O–H groups in total. The lowest BCUT2D eigenvalue weighted by atomic mass is 9.33. The standard InChI is InChI=1S/C80H80BN3/c1-42(2)45-19-25-52(26-20-45)82-65-30-21-46(43(3)4)33-57(65)69-68(82)41-64-75-70(69)58-34-47(44(5)6)22-31-66(58)83(75)67-32-29-59-74-71(67)81(64)63-40-51(79(16,17)18)36-56-55-35-50(78(13,14)15)39-62(72(55)84(74)73(56)63)80(59)60-37-48(76(7,8)9)23-27-53(60)54-28-24-49(38-61(54)80)77(10,11)12/h19-44H,1-18H3. The summed E-state index contributed by atoms with van der Waals surface area (Å²) in [6.07, 6.45) is 0. The van der Waals surface area contributed by atoms with E-state index in [9.17, 15) is 0 Å². The van der Waals surface area contributed by atoms with Gasteiger partial charge in [0, 0.05) is 54.9 Å². The van der Waals surface area contributed by atoms with Crippen molar-refractivity contribution in [2.24, 2.45) is 0 Å². The van der Waals surface area contributed by atoms with Crippen LogP contribution in [-0.2, 0) is 27.1 Å². The Morgan fingerprint density at radius 3 is 1.39 bits per heavy atom. The van der Waals surface area contributed by atoms with Crippen LogP contribution in [-0.4, -0.2) is 20.4 Å². The van der Waals surface area contributed by atoms with Crippen LogP contribution >= 0.6 is 0 Å². The van der Waals surface area contributed by atoms with E-state index in [-0.39, 0.29) is 28.4 Å². The number of hydrogen-bond acceptors (Lipinski definition) is 0. The van der Waals surface area contributed by atoms with Crippen LogP contribution in [0.25, 0.3) is 93.6 Å². The van der Waals surface area contributed by atoms with E-state index >= 15 is 0 Å². The lowest BCUT2D eigenvalue weighted by Crippen LogP contribution is -2.60. The normalized spacial score (nSPS) is 14.9. The molecule has 3 aliphatic heterocycles. The van der Waals surface area contributed by atoms with Gasteiger partial charge in [0.2, 0.25) is 0 Å². The molecule has 3 nitrogen and oxygen atoms in total. The van der Waals surface area contributed by atoms with Crippen molar-refractivity contribution in [2.45, 2.75) is 169 Å². The van der Waals surface area contributed by atoms with Gasteiger partial charge in [0.1, 0.15) is 0 Å². The topological polar surface area (TPSA) is 14.8 Å². The maximum absolute atomic E-state index is 2.83. The second-order valence-electron chi connectivity index (χ2n) is 31.2. The average molecular weight is 1090 g/mol. The smallest absolute Gasteiger partial charge is 0.252 e. The van der Waals surface area contributed by atoms with E-state index in [0.29, 0.717) is 17.8 Å². The summed E-state index contributed by atoms with van der Waals surface area (Å²) in [5, 5.41) is 8.13. The Labute approximate surface area is 497 Å². The summed E-state index contributed by atoms with van der Waals surface area (Å²) >= 11 is 0. The van der Waals surface area contributed by atoms with Crippen LogP contribution in [0, 0.1) is 0 Å². The molecule has 1 spiro atoms. The lowest BCUT2D eigenvalue weighted by molar-refractivity contribution is 0.583. The molecule has 418 valence electrons. The summed E-state index contributed by atoms with van der Waals surface area (Å²) in [6, 6.07) is 58.0. The summed E-state index contributed by atoms with van der Waals surface area (Å²) in [6.45, 7) is 42.8. The van der Waals surface area contributed by atoms with Gasteiger partial charge in [-0.25, -0.2) is 0 Å². The number of hydrogen-bond donors (Lipinski definition) is 0. The van der Waals surface area contributed by atoms with Gasteiger partial charge in [-0.15, -0.1) is 0 Å². The molecule has 9 aromatic carbocycles. The quantitative estimate of drug-likeness (QED) is 0.156. The zero-order chi connectivity index (χ0) is 58.7. The van der Waals surface area contributed by atoms with E-state index < -0.39 is 5.41 Å². The van der Waals surface area contributed by atoms with Gasteiger partial charge in [-0.3, -0.25) is 0 Å². The summed E-state index contributed by atoms with van der Waals surface area (Å²) in [4.78, 5) is 0. The van der Waals surface area contributed by atoms with Crippen LogP contribution in [0.2, 0.25) is 0 Å². The van der Waals surface area contributed by atoms with Crippen LogP contribution in [0.1, 0.15) is 204 Å². The molecule has 0 atom stereocenters. The molecular weight excluding hydrogens is 1010 g/mol. The highest BCUT2D eigenvalue weighted by Crippen LogP contribution is 2.63. The van der Waals surface area contributed by atoms with E-state index in [1.165, 1.54) is 171 Å². The van der Waals surface area contributed by atoms with Gasteiger partial charge in [-0.2, -0.15) is 0 Å². The molecule has 4 aliphatic rings. The molecule has 0 unspecified atom stereocenters. The van der Waals surface area contributed by atoms with Crippen LogP contribution in [0.3, 0.4) is 0 Å². The van der Waals surface area contributed by atoms with Crippen molar-refractivity contribution in [3.05, 3.63) is 201 Å². The summed E-state index contributed by atoms with van der Waals surface area (Å²) in [5.41, 5.74) is 32.9. The van der Waals surface area contributed by atoms with Crippen LogP contribution in [0.4, 0.5) is 0 Å². The minimum absolute atomic E-state index is 0.0677. The number of rotatable bonds is 4. The van der Waals surface area contributed by atoms with Crippen molar-refractivity contribution >= 4 is 88.5 Å². The molecule has 0 saturated carbocycles. The molecule has 16 rings (SSSR count). The third-order valence-electron chi connectivity index (χ3n) is 21.0. The molecule has 4 heteroatoms. The van der Waals surface area contributed by atoms with Gasteiger partial charge in [0.05, 0.1) is 33.0 Å². The monoisotopic (exact) mass is 1090 g/mol. The fourth-order valence-corrected chi connectivity index (χ4v) is 16.2. The lowest BCUT2D eigenvalue weighted by Gasteiger charge is -2.45. The second-order valence-corrected chi connectivity index (χ2v) is 31.2. The van der Waals surface area contributed by atoms with Gasteiger partial charge in [-0.1, -0.05) is 203 Å². The molecule has 0 amide bonds. The number of aromatic nitrogens is 3. The minimum atomic E-state index is -0.635. The highest BCUT2D eigenvalue weighted by atomic mass is 15.1. The highest BCUT2D eigenvalue weighted by Gasteiger charge is 2.55. The largest absolute Gasteiger partial charge is 0.310 e. The molecule has 0 saturated heterocycles. The molecule has 1 aliphatic carbocycles. The van der Waals surface area contributed by atoms with Gasteiger partial charge in [0.25, 0.3) is 6.71 Å². The van der Waals surface area contributed by atoms with Crippen molar-refractivity contribution in [2.75, 3.05) is 0 Å². The Balaban J connectivity index is 1.17. The Bertz CT molecular complexity index is 4890. The first kappa shape index (κ1) is 52.0. The van der Waals surface area contributed by atoms with Crippen molar-refractivity contribution < 1.29 is 0 Å². The van der Waals surface area contributed by atoms with E-state index in [1.54, 1.807) is 0 Å². The highest BCUT2D eigenvalue weighted by molar-refractivity contribution is 7.00. The van der Waals surface area contributed by atoms with Gasteiger partial charge in [0.15, 0.2) is 0 Å². The Morgan fingerprint density at radius 1 is 0.357 bits per heavy atom. The molecule has 0 radical (unpaired) electrons. The third kappa shape index (κ3) is 6.56. The van der Waals surface area contributed by atoms with Crippen molar-refractivity contribution in [3.63, 3.8) is 0 Å². The van der Waals surface area contributed by atoms with Crippen molar-refractivity contribution in [3.8, 4) is 28.2 Å². The first-order valence-corrected chi connectivity index (χ1v) is 31.5. The van der Waals surface area contributed by atoms with E-state index in [1.807, 2.05) is 0 Å². The van der Waals surface area contributed by atoms with Crippen LogP contribution in [0.5, 0.6) is 0 Å². The SMILES string of the molecule is CC(C)c1ccc(-n2c3ccc(C(C)C)cc3c3c4c5cc(C(C)C)ccc5n5c4c(cc32)B2c3c-5ccc4c3-n3c5c2cc(C(C)(C)C)cc5c2cc(C(C)(C)C)cc(c23)C42c3cc(C(C)(C)C)ccc3-c3ccc(C(C)(C)C)cc32)cc1. The Hall–Kier alpha value is -7.56. The van der Waals surface area contributed by atoms with Gasteiger partial charge < -0.3 is 13.7 Å². The maximum atomic E-state index is 2.83. The summed E-state index contributed by atoms with van der Waals surface area (Å²) < 4.78 is 8.20. The fourth-order valence-electron chi connectivity index (χ4n) is 16.2. The first-order chi connectivity index (χ1) is 39.7. The van der Waals surface area contributed by atoms with Crippen LogP contribution in [0.15, 0.2) is 140 Å². The summed E-state index contributed by atoms with van der Waals surface area (Å²) in [7, 11) is 0. The Morgan fingerprint density at radius 2 is 0.845 bits per heavy atom. The zero-order valence-electron chi connectivity index (χ0n) is 52.9. The van der Waals surface area contributed by atoms with E-state index in [2.05, 4.69) is 278 Å². The molecular formula is C80H80BN3. The van der Waals surface area contributed by atoms with Crippen molar-refractivity contribution in [1.29, 1.82) is 0 Å². The fraction of sp³-hybridized carbons (Fsp3) is 0.325. The summed E-state index contributed by atoms with van der Waals surface area (Å²) in [5.74, 6) is 1.19. The molecule has 0 fully saturated rings.